The Balaban J connectivity index is 1.27. The van der Waals surface area contributed by atoms with Gasteiger partial charge in [-0.2, -0.15) is 0 Å². The molecule has 0 aliphatic carbocycles. The number of aromatic nitrogens is 1. The molecule has 200 valence electrons. The van der Waals surface area contributed by atoms with E-state index in [1.807, 2.05) is 41.3 Å². The molecule has 0 bridgehead atoms. The van der Waals surface area contributed by atoms with Gasteiger partial charge in [-0.1, -0.05) is 47.4 Å². The van der Waals surface area contributed by atoms with E-state index in [0.717, 1.165) is 32.1 Å². The van der Waals surface area contributed by atoms with Gasteiger partial charge < -0.3 is 24.2 Å². The van der Waals surface area contributed by atoms with Gasteiger partial charge in [0.25, 0.3) is 11.8 Å². The molecule has 8 nitrogen and oxygen atoms in total. The fraction of sp³-hybridized carbons (Fsp3) is 0.414. The van der Waals surface area contributed by atoms with Crippen molar-refractivity contribution in [2.24, 2.45) is 5.41 Å². The monoisotopic (exact) mass is 537 g/mol. The maximum atomic E-state index is 13.3. The van der Waals surface area contributed by atoms with Gasteiger partial charge in [-0.15, -0.1) is 0 Å². The lowest BCUT2D eigenvalue weighted by atomic mass is 9.75. The van der Waals surface area contributed by atoms with Crippen molar-refractivity contribution in [3.05, 3.63) is 70.9 Å². The van der Waals surface area contributed by atoms with E-state index in [1.54, 1.807) is 18.2 Å². The lowest BCUT2D eigenvalue weighted by Gasteiger charge is -2.41. The van der Waals surface area contributed by atoms with Crippen LogP contribution in [0.2, 0.25) is 5.02 Å². The molecule has 0 unspecified atom stereocenters. The van der Waals surface area contributed by atoms with E-state index >= 15 is 0 Å². The van der Waals surface area contributed by atoms with Crippen molar-refractivity contribution in [3.8, 4) is 17.1 Å². The van der Waals surface area contributed by atoms with Gasteiger partial charge in [0, 0.05) is 43.3 Å². The van der Waals surface area contributed by atoms with Crippen molar-refractivity contribution in [1.29, 1.82) is 0 Å². The average molecular weight is 538 g/mol. The maximum absolute atomic E-state index is 13.3. The summed E-state index contributed by atoms with van der Waals surface area (Å²) in [5.74, 6) is 0.728. The van der Waals surface area contributed by atoms with Crippen LogP contribution in [0.25, 0.3) is 11.3 Å². The van der Waals surface area contributed by atoms with E-state index < -0.39 is 0 Å². The molecule has 2 aliphatic heterocycles. The lowest BCUT2D eigenvalue weighted by Crippen LogP contribution is -2.45. The number of hydrogen-bond donors (Lipinski definition) is 1. The van der Waals surface area contributed by atoms with Crippen LogP contribution < -0.4 is 10.1 Å². The van der Waals surface area contributed by atoms with Crippen molar-refractivity contribution in [3.63, 3.8) is 0 Å². The van der Waals surface area contributed by atoms with Crippen LogP contribution in [-0.4, -0.2) is 61.3 Å². The summed E-state index contributed by atoms with van der Waals surface area (Å²) < 4.78 is 17.5. The standard InChI is InChI=1S/C29H32ClN3O5/c30-23-9-3-1-7-21(23)26-19-24(32-38-26)28(35)33-15-12-29(13-16-33)11-5-6-17-36-18-14-31-27(34)22-8-2-4-10-25(22)37-20-29/h1-4,7-10,19H,5-6,11-18,20H2,(H,31,34). The highest BCUT2D eigenvalue weighted by Crippen LogP contribution is 2.38. The Kier molecular flexibility index (Phi) is 8.29. The van der Waals surface area contributed by atoms with Gasteiger partial charge in [0.05, 0.1) is 23.8 Å². The fourth-order valence-electron chi connectivity index (χ4n) is 5.13. The minimum atomic E-state index is -0.167. The number of nitrogens with one attached hydrogen (secondary N) is 1. The van der Waals surface area contributed by atoms with Crippen molar-refractivity contribution < 1.29 is 23.6 Å². The number of rotatable bonds is 2. The topological polar surface area (TPSA) is 93.9 Å². The molecule has 38 heavy (non-hydrogen) atoms. The molecular formula is C29H32ClN3O5. The summed E-state index contributed by atoms with van der Waals surface area (Å²) in [5, 5.41) is 7.48. The number of piperidine rings is 1. The molecule has 1 fully saturated rings. The molecule has 0 saturated carbocycles. The zero-order valence-electron chi connectivity index (χ0n) is 21.3. The third-order valence-corrected chi connectivity index (χ3v) is 7.75. The minimum Gasteiger partial charge on any atom is -0.492 e. The minimum absolute atomic E-state index is 0.100. The number of benzene rings is 2. The fourth-order valence-corrected chi connectivity index (χ4v) is 5.35. The third-order valence-electron chi connectivity index (χ3n) is 7.42. The first-order chi connectivity index (χ1) is 18.5. The number of carbonyl (C=O) groups excluding carboxylic acids is 2. The maximum Gasteiger partial charge on any atom is 0.276 e. The van der Waals surface area contributed by atoms with Crippen LogP contribution in [0.4, 0.5) is 0 Å². The van der Waals surface area contributed by atoms with E-state index in [1.165, 1.54) is 0 Å². The quantitative estimate of drug-likeness (QED) is 0.481. The van der Waals surface area contributed by atoms with Gasteiger partial charge in [0.2, 0.25) is 0 Å². The Hall–Kier alpha value is -3.36. The average Bonchev–Trinajstić information content (AvgIpc) is 3.43. The highest BCUT2D eigenvalue weighted by atomic mass is 35.5. The van der Waals surface area contributed by atoms with Crippen LogP contribution in [-0.2, 0) is 4.74 Å². The molecule has 1 saturated heterocycles. The van der Waals surface area contributed by atoms with Gasteiger partial charge in [-0.3, -0.25) is 9.59 Å². The summed E-state index contributed by atoms with van der Waals surface area (Å²) in [6.45, 7) is 3.28. The van der Waals surface area contributed by atoms with Crippen LogP contribution in [0.1, 0.15) is 53.0 Å². The third kappa shape index (κ3) is 6.03. The van der Waals surface area contributed by atoms with Gasteiger partial charge in [0.1, 0.15) is 5.75 Å². The largest absolute Gasteiger partial charge is 0.492 e. The van der Waals surface area contributed by atoms with E-state index in [-0.39, 0.29) is 22.9 Å². The molecule has 2 amide bonds. The lowest BCUT2D eigenvalue weighted by molar-refractivity contribution is 0.0335. The smallest absolute Gasteiger partial charge is 0.276 e. The molecular weight excluding hydrogens is 506 g/mol. The molecule has 5 rings (SSSR count). The highest BCUT2D eigenvalue weighted by molar-refractivity contribution is 6.33. The predicted octanol–water partition coefficient (Wildman–Crippen LogP) is 5.23. The van der Waals surface area contributed by atoms with Gasteiger partial charge in [-0.05, 0) is 49.9 Å². The molecule has 0 radical (unpaired) electrons. The Bertz CT molecular complexity index is 1270. The Morgan fingerprint density at radius 1 is 0.974 bits per heavy atom. The van der Waals surface area contributed by atoms with E-state index in [2.05, 4.69) is 10.5 Å². The molecule has 2 aliphatic rings. The second-order valence-corrected chi connectivity index (χ2v) is 10.4. The number of para-hydroxylation sites is 1. The Morgan fingerprint density at radius 3 is 2.55 bits per heavy atom. The highest BCUT2D eigenvalue weighted by Gasteiger charge is 2.37. The van der Waals surface area contributed by atoms with Crippen molar-refractivity contribution in [2.45, 2.75) is 32.1 Å². The first-order valence-corrected chi connectivity index (χ1v) is 13.5. The Labute approximate surface area is 227 Å². The predicted molar refractivity (Wildman–Crippen MR) is 143 cm³/mol. The molecule has 1 aromatic heterocycles. The van der Waals surface area contributed by atoms with E-state index in [4.69, 9.17) is 25.6 Å². The summed E-state index contributed by atoms with van der Waals surface area (Å²) in [7, 11) is 0. The normalized spacial score (nSPS) is 18.7. The molecule has 0 atom stereocenters. The summed E-state index contributed by atoms with van der Waals surface area (Å²) in [5.41, 5.74) is 1.40. The van der Waals surface area contributed by atoms with Crippen LogP contribution in [0.3, 0.4) is 0 Å². The first-order valence-electron chi connectivity index (χ1n) is 13.1. The number of nitrogens with zero attached hydrogens (tertiary/aromatic N) is 2. The van der Waals surface area contributed by atoms with Crippen LogP contribution in [0.5, 0.6) is 5.75 Å². The number of amides is 2. The number of fused-ring (bicyclic) bond motifs is 1. The zero-order valence-corrected chi connectivity index (χ0v) is 22.0. The number of ether oxygens (including phenoxy) is 2. The van der Waals surface area contributed by atoms with Crippen molar-refractivity contribution in [2.75, 3.05) is 39.5 Å². The molecule has 2 aromatic carbocycles. The molecule has 9 heteroatoms. The van der Waals surface area contributed by atoms with Crippen molar-refractivity contribution >= 4 is 23.4 Å². The summed E-state index contributed by atoms with van der Waals surface area (Å²) in [6, 6.07) is 16.3. The molecule has 3 aromatic rings. The molecule has 3 heterocycles. The second kappa shape index (κ2) is 12.0. The van der Waals surface area contributed by atoms with Gasteiger partial charge in [0.15, 0.2) is 11.5 Å². The number of likely N-dealkylation sites (tertiary alicyclic amines) is 1. The zero-order chi connectivity index (χ0) is 26.4. The summed E-state index contributed by atoms with van der Waals surface area (Å²) >= 11 is 6.28. The summed E-state index contributed by atoms with van der Waals surface area (Å²) in [4.78, 5) is 27.8. The SMILES string of the molecule is O=C1NCCOCCCCC2(CCN(C(=O)c3cc(-c4ccccc4Cl)on3)CC2)COc2ccccc21. The van der Waals surface area contributed by atoms with Gasteiger partial charge in [-0.25, -0.2) is 0 Å². The van der Waals surface area contributed by atoms with Crippen LogP contribution >= 0.6 is 11.6 Å². The first kappa shape index (κ1) is 26.3. The Morgan fingerprint density at radius 2 is 1.74 bits per heavy atom. The van der Waals surface area contributed by atoms with Gasteiger partial charge >= 0.3 is 0 Å². The molecule has 1 spiro atoms. The number of carbonyl (C=O) groups is 2. The molecule has 1 N–H and O–H groups in total. The number of hydrogen-bond acceptors (Lipinski definition) is 6. The van der Waals surface area contributed by atoms with E-state index in [9.17, 15) is 9.59 Å². The van der Waals surface area contributed by atoms with Crippen molar-refractivity contribution in [1.82, 2.24) is 15.4 Å². The van der Waals surface area contributed by atoms with E-state index in [0.29, 0.717) is 67.1 Å². The van der Waals surface area contributed by atoms with Crippen LogP contribution in [0.15, 0.2) is 59.1 Å². The second-order valence-electron chi connectivity index (χ2n) is 9.96. The van der Waals surface area contributed by atoms with Crippen LogP contribution in [0, 0.1) is 5.41 Å². The number of halogens is 1. The summed E-state index contributed by atoms with van der Waals surface area (Å²) in [6.07, 6.45) is 4.51.